The Morgan fingerprint density at radius 3 is 3.06 bits per heavy atom. The van der Waals surface area contributed by atoms with Crippen LogP contribution in [0.2, 0.25) is 0 Å². The minimum absolute atomic E-state index is 0.0224. The molecule has 90 valence electrons. The zero-order valence-corrected chi connectivity index (χ0v) is 10.6. The van der Waals surface area contributed by atoms with Crippen LogP contribution in [0, 0.1) is 0 Å². The van der Waals surface area contributed by atoms with E-state index in [9.17, 15) is 0 Å². The molecule has 2 aromatic heterocycles. The van der Waals surface area contributed by atoms with Gasteiger partial charge in [0, 0.05) is 13.7 Å². The molecule has 0 bridgehead atoms. The average Bonchev–Trinajstić information content (AvgIpc) is 2.77. The quantitative estimate of drug-likeness (QED) is 0.905. The molecule has 0 aliphatic heterocycles. The van der Waals surface area contributed by atoms with Crippen LogP contribution < -0.4 is 5.32 Å². The third kappa shape index (κ3) is 1.89. The Labute approximate surface area is 104 Å². The van der Waals surface area contributed by atoms with Crippen LogP contribution >= 0.6 is 11.3 Å². The van der Waals surface area contributed by atoms with Crippen molar-refractivity contribution in [3.8, 4) is 0 Å². The van der Waals surface area contributed by atoms with E-state index in [0.717, 1.165) is 35.4 Å². The Kier molecular flexibility index (Phi) is 2.72. The van der Waals surface area contributed by atoms with Gasteiger partial charge in [-0.15, -0.1) is 11.3 Å². The number of anilines is 1. The van der Waals surface area contributed by atoms with Crippen LogP contribution in [0.1, 0.15) is 19.3 Å². The lowest BCUT2D eigenvalue weighted by atomic mass is 9.80. The molecule has 4 nitrogen and oxygen atoms in total. The molecular weight excluding hydrogens is 234 g/mol. The number of aromatic nitrogens is 2. The number of nitrogens with one attached hydrogen (secondary N) is 1. The van der Waals surface area contributed by atoms with Crippen molar-refractivity contribution in [2.75, 3.05) is 19.0 Å². The molecule has 0 radical (unpaired) electrons. The number of hydrogen-bond acceptors (Lipinski definition) is 5. The van der Waals surface area contributed by atoms with E-state index in [4.69, 9.17) is 4.74 Å². The first kappa shape index (κ1) is 10.9. The monoisotopic (exact) mass is 249 g/mol. The molecule has 5 heteroatoms. The fourth-order valence-corrected chi connectivity index (χ4v) is 2.99. The van der Waals surface area contributed by atoms with Crippen molar-refractivity contribution in [3.63, 3.8) is 0 Å². The predicted octanol–water partition coefficient (Wildman–Crippen LogP) is 2.67. The molecule has 1 aliphatic carbocycles. The second-order valence-corrected chi connectivity index (χ2v) is 5.37. The minimum atomic E-state index is 0.0224. The smallest absolute Gasteiger partial charge is 0.147 e. The maximum atomic E-state index is 5.59. The predicted molar refractivity (Wildman–Crippen MR) is 69.5 cm³/mol. The van der Waals surface area contributed by atoms with Gasteiger partial charge in [0.25, 0.3) is 0 Å². The van der Waals surface area contributed by atoms with Gasteiger partial charge in [0.2, 0.25) is 0 Å². The second kappa shape index (κ2) is 4.23. The summed E-state index contributed by atoms with van der Waals surface area (Å²) in [7, 11) is 1.79. The van der Waals surface area contributed by atoms with E-state index in [1.54, 1.807) is 24.8 Å². The number of rotatable bonds is 4. The second-order valence-electron chi connectivity index (χ2n) is 4.45. The highest BCUT2D eigenvalue weighted by Crippen LogP contribution is 2.35. The van der Waals surface area contributed by atoms with Crippen molar-refractivity contribution in [2.45, 2.75) is 24.9 Å². The molecule has 1 fully saturated rings. The summed E-state index contributed by atoms with van der Waals surface area (Å²) < 4.78 is 6.71. The van der Waals surface area contributed by atoms with Crippen molar-refractivity contribution in [2.24, 2.45) is 0 Å². The third-order valence-electron chi connectivity index (χ3n) is 3.52. The van der Waals surface area contributed by atoms with Crippen LogP contribution in [0.15, 0.2) is 17.8 Å². The summed E-state index contributed by atoms with van der Waals surface area (Å²) in [6.45, 7) is 0.827. The maximum Gasteiger partial charge on any atom is 0.147 e. The van der Waals surface area contributed by atoms with Crippen molar-refractivity contribution in [1.82, 2.24) is 9.97 Å². The van der Waals surface area contributed by atoms with Gasteiger partial charge in [-0.1, -0.05) is 0 Å². The molecule has 2 aromatic rings. The van der Waals surface area contributed by atoms with Crippen molar-refractivity contribution >= 4 is 27.4 Å². The molecule has 2 heterocycles. The van der Waals surface area contributed by atoms with Crippen LogP contribution in [0.5, 0.6) is 0 Å². The molecule has 1 saturated carbocycles. The van der Waals surface area contributed by atoms with Crippen molar-refractivity contribution < 1.29 is 4.74 Å². The number of fused-ring (bicyclic) bond motifs is 1. The largest absolute Gasteiger partial charge is 0.376 e. The number of hydrogen-bond donors (Lipinski definition) is 1. The van der Waals surface area contributed by atoms with E-state index in [-0.39, 0.29) is 5.60 Å². The van der Waals surface area contributed by atoms with E-state index >= 15 is 0 Å². The van der Waals surface area contributed by atoms with Crippen LogP contribution in [0.4, 0.5) is 5.82 Å². The first-order valence-electron chi connectivity index (χ1n) is 5.80. The van der Waals surface area contributed by atoms with Gasteiger partial charge in [0.1, 0.15) is 12.1 Å². The molecular formula is C12H15N3OS. The number of nitrogens with zero attached hydrogens (tertiary/aromatic N) is 2. The first-order valence-corrected chi connectivity index (χ1v) is 6.68. The Morgan fingerprint density at radius 2 is 2.35 bits per heavy atom. The Hall–Kier alpha value is -1.20. The van der Waals surface area contributed by atoms with Gasteiger partial charge < -0.3 is 10.1 Å². The average molecular weight is 249 g/mol. The summed E-state index contributed by atoms with van der Waals surface area (Å²) in [4.78, 5) is 8.54. The molecule has 0 aromatic carbocycles. The van der Waals surface area contributed by atoms with Crippen LogP contribution in [0.25, 0.3) is 10.2 Å². The van der Waals surface area contributed by atoms with Gasteiger partial charge in [-0.05, 0) is 30.7 Å². The normalized spacial score (nSPS) is 17.9. The fourth-order valence-electron chi connectivity index (χ4n) is 2.18. The van der Waals surface area contributed by atoms with E-state index in [1.807, 2.05) is 11.4 Å². The lowest BCUT2D eigenvalue weighted by molar-refractivity contribution is -0.0601. The van der Waals surface area contributed by atoms with Crippen LogP contribution in [-0.4, -0.2) is 29.2 Å². The number of methoxy groups -OCH3 is 1. The molecule has 1 N–H and O–H groups in total. The fraction of sp³-hybridized carbons (Fsp3) is 0.500. The standard InChI is InChI=1S/C12H15N3OS/c1-16-12(4-2-5-12)7-13-11-10-9(3-6-17-10)14-8-15-11/h3,6,8H,2,4-5,7H2,1H3,(H,13,14,15). The highest BCUT2D eigenvalue weighted by molar-refractivity contribution is 7.17. The number of ether oxygens (including phenoxy) is 1. The van der Waals surface area contributed by atoms with Crippen molar-refractivity contribution in [3.05, 3.63) is 17.8 Å². The van der Waals surface area contributed by atoms with Gasteiger partial charge in [-0.2, -0.15) is 0 Å². The van der Waals surface area contributed by atoms with Gasteiger partial charge in [0.05, 0.1) is 15.8 Å². The topological polar surface area (TPSA) is 47.0 Å². The summed E-state index contributed by atoms with van der Waals surface area (Å²) in [5, 5.41) is 5.44. The summed E-state index contributed by atoms with van der Waals surface area (Å²) in [6.07, 6.45) is 5.13. The van der Waals surface area contributed by atoms with Crippen molar-refractivity contribution in [1.29, 1.82) is 0 Å². The Morgan fingerprint density at radius 1 is 1.47 bits per heavy atom. The van der Waals surface area contributed by atoms with Crippen LogP contribution in [-0.2, 0) is 4.74 Å². The molecule has 0 spiro atoms. The third-order valence-corrected chi connectivity index (χ3v) is 4.43. The molecule has 17 heavy (non-hydrogen) atoms. The molecule has 0 unspecified atom stereocenters. The number of thiophene rings is 1. The zero-order valence-electron chi connectivity index (χ0n) is 9.77. The van der Waals surface area contributed by atoms with Gasteiger partial charge in [0.15, 0.2) is 0 Å². The minimum Gasteiger partial charge on any atom is -0.376 e. The summed E-state index contributed by atoms with van der Waals surface area (Å²) in [5.74, 6) is 0.924. The Bertz CT molecular complexity index is 516. The molecule has 3 rings (SSSR count). The lowest BCUT2D eigenvalue weighted by Gasteiger charge is -2.40. The molecule has 0 atom stereocenters. The SMILES string of the molecule is COC1(CNc2ncnc3ccsc23)CCC1. The first-order chi connectivity index (χ1) is 8.33. The molecule has 1 aliphatic rings. The van der Waals surface area contributed by atoms with E-state index in [0.29, 0.717) is 0 Å². The van der Waals surface area contributed by atoms with E-state index in [2.05, 4.69) is 15.3 Å². The van der Waals surface area contributed by atoms with Gasteiger partial charge >= 0.3 is 0 Å². The highest BCUT2D eigenvalue weighted by atomic mass is 32.1. The zero-order chi connectivity index (χ0) is 11.7. The summed E-state index contributed by atoms with van der Waals surface area (Å²) in [5.41, 5.74) is 1.03. The summed E-state index contributed by atoms with van der Waals surface area (Å²) >= 11 is 1.67. The summed E-state index contributed by atoms with van der Waals surface area (Å²) in [6, 6.07) is 2.02. The van der Waals surface area contributed by atoms with E-state index in [1.165, 1.54) is 6.42 Å². The molecule has 0 saturated heterocycles. The van der Waals surface area contributed by atoms with Gasteiger partial charge in [-0.3, -0.25) is 0 Å². The van der Waals surface area contributed by atoms with E-state index < -0.39 is 0 Å². The Balaban J connectivity index is 1.78. The molecule has 0 amide bonds. The lowest BCUT2D eigenvalue weighted by Crippen LogP contribution is -2.45. The maximum absolute atomic E-state index is 5.59. The van der Waals surface area contributed by atoms with Gasteiger partial charge in [-0.25, -0.2) is 9.97 Å². The van der Waals surface area contributed by atoms with Crippen LogP contribution in [0.3, 0.4) is 0 Å². The highest BCUT2D eigenvalue weighted by Gasteiger charge is 2.36.